The maximum Gasteiger partial charge on any atom is 0.181 e. The van der Waals surface area contributed by atoms with Crippen LogP contribution < -0.4 is 0 Å². The molecule has 0 amide bonds. The lowest BCUT2D eigenvalue weighted by atomic mass is 10.1. The van der Waals surface area contributed by atoms with Crippen molar-refractivity contribution in [1.29, 1.82) is 0 Å². The Labute approximate surface area is 134 Å². The fourth-order valence-corrected chi connectivity index (χ4v) is 3.95. The number of benzene rings is 1. The van der Waals surface area contributed by atoms with Gasteiger partial charge in [-0.15, -0.1) is 0 Å². The van der Waals surface area contributed by atoms with E-state index in [-0.39, 0.29) is 5.75 Å². The van der Waals surface area contributed by atoms with E-state index in [1.54, 1.807) is 0 Å². The molecule has 0 aliphatic carbocycles. The predicted octanol–water partition coefficient (Wildman–Crippen LogP) is 4.86. The van der Waals surface area contributed by atoms with Gasteiger partial charge in [0, 0.05) is 5.33 Å². The number of rotatable bonds is 10. The van der Waals surface area contributed by atoms with Crippen molar-refractivity contribution >= 4 is 25.8 Å². The van der Waals surface area contributed by atoms with Crippen LogP contribution in [0.1, 0.15) is 44.9 Å². The molecule has 0 aromatic heterocycles. The highest BCUT2D eigenvalue weighted by Crippen LogP contribution is 2.19. The molecule has 0 aliphatic rings. The molecule has 0 N–H and O–H groups in total. The van der Waals surface area contributed by atoms with Crippen LogP contribution in [0.2, 0.25) is 0 Å². The average Bonchev–Trinajstić information content (AvgIpc) is 2.44. The van der Waals surface area contributed by atoms with E-state index in [1.165, 1.54) is 6.42 Å². The molecule has 0 bridgehead atoms. The van der Waals surface area contributed by atoms with Gasteiger partial charge in [-0.1, -0.05) is 48.0 Å². The molecule has 1 aromatic rings. The molecular weight excluding hydrogens is 362 g/mol. The van der Waals surface area contributed by atoms with Gasteiger partial charge >= 0.3 is 0 Å². The zero-order valence-corrected chi connectivity index (χ0v) is 14.4. The zero-order valence-electron chi connectivity index (χ0n) is 12.0. The standard InChI is InChI=1S/C15H21BrF2O2S/c16-10-6-4-2-1-3-5-7-11-21(19,20)15-12-13(17)8-9-14(15)18/h8-9,12H,1-7,10-11H2. The van der Waals surface area contributed by atoms with Crippen LogP contribution in [0.3, 0.4) is 0 Å². The third-order valence-corrected chi connectivity index (χ3v) is 5.64. The Hall–Kier alpha value is -0.490. The molecule has 1 rings (SSSR count). The highest BCUT2D eigenvalue weighted by Gasteiger charge is 2.19. The van der Waals surface area contributed by atoms with Crippen molar-refractivity contribution in [2.75, 3.05) is 11.1 Å². The molecule has 0 fully saturated rings. The molecule has 6 heteroatoms. The molecule has 0 heterocycles. The number of halogens is 3. The topological polar surface area (TPSA) is 34.1 Å². The number of hydrogen-bond acceptors (Lipinski definition) is 2. The van der Waals surface area contributed by atoms with Gasteiger partial charge in [-0.2, -0.15) is 0 Å². The second kappa shape index (κ2) is 9.51. The molecular formula is C15H21BrF2O2S. The second-order valence-corrected chi connectivity index (χ2v) is 7.93. The van der Waals surface area contributed by atoms with E-state index in [2.05, 4.69) is 15.9 Å². The van der Waals surface area contributed by atoms with Gasteiger partial charge in [-0.3, -0.25) is 0 Å². The van der Waals surface area contributed by atoms with Gasteiger partial charge in [0.1, 0.15) is 16.5 Å². The molecule has 21 heavy (non-hydrogen) atoms. The Balaban J connectivity index is 2.35. The minimum atomic E-state index is -3.74. The highest BCUT2D eigenvalue weighted by molar-refractivity contribution is 9.09. The van der Waals surface area contributed by atoms with E-state index >= 15 is 0 Å². The zero-order chi connectivity index (χ0) is 15.7. The summed E-state index contributed by atoms with van der Waals surface area (Å²) in [6.45, 7) is 0. The van der Waals surface area contributed by atoms with Crippen LogP contribution in [0.15, 0.2) is 23.1 Å². The van der Waals surface area contributed by atoms with Gasteiger partial charge in [-0.25, -0.2) is 17.2 Å². The fraction of sp³-hybridized carbons (Fsp3) is 0.600. The Kier molecular flexibility index (Phi) is 8.41. The maximum atomic E-state index is 13.5. The molecule has 0 saturated carbocycles. The van der Waals surface area contributed by atoms with Crippen LogP contribution in [-0.4, -0.2) is 19.5 Å². The SMILES string of the molecule is O=S(=O)(CCCCCCCCCBr)c1cc(F)ccc1F. The van der Waals surface area contributed by atoms with Crippen molar-refractivity contribution < 1.29 is 17.2 Å². The molecule has 1 aromatic carbocycles. The monoisotopic (exact) mass is 382 g/mol. The van der Waals surface area contributed by atoms with Crippen molar-refractivity contribution in [3.63, 3.8) is 0 Å². The van der Waals surface area contributed by atoms with Crippen molar-refractivity contribution in [2.24, 2.45) is 0 Å². The molecule has 0 aliphatic heterocycles. The molecule has 0 atom stereocenters. The minimum Gasteiger partial charge on any atom is -0.224 e. The lowest BCUT2D eigenvalue weighted by Crippen LogP contribution is -2.09. The Morgan fingerprint density at radius 3 is 2.10 bits per heavy atom. The third-order valence-electron chi connectivity index (χ3n) is 3.28. The van der Waals surface area contributed by atoms with Crippen LogP contribution in [0, 0.1) is 11.6 Å². The third kappa shape index (κ3) is 6.87. The highest BCUT2D eigenvalue weighted by atomic mass is 79.9. The Morgan fingerprint density at radius 2 is 1.48 bits per heavy atom. The van der Waals surface area contributed by atoms with E-state index in [1.807, 2.05) is 0 Å². The summed E-state index contributed by atoms with van der Waals surface area (Å²) in [4.78, 5) is -0.528. The van der Waals surface area contributed by atoms with Crippen LogP contribution >= 0.6 is 15.9 Å². The van der Waals surface area contributed by atoms with Gasteiger partial charge in [-0.05, 0) is 31.0 Å². The largest absolute Gasteiger partial charge is 0.224 e. The van der Waals surface area contributed by atoms with E-state index in [0.29, 0.717) is 6.42 Å². The summed E-state index contributed by atoms with van der Waals surface area (Å²) in [6.07, 6.45) is 6.83. The average molecular weight is 383 g/mol. The van der Waals surface area contributed by atoms with Crippen molar-refractivity contribution in [2.45, 2.75) is 49.8 Å². The summed E-state index contributed by atoms with van der Waals surface area (Å²) in [5.41, 5.74) is 0. The number of alkyl halides is 1. The lowest BCUT2D eigenvalue weighted by Gasteiger charge is -2.06. The van der Waals surface area contributed by atoms with Crippen LogP contribution in [0.25, 0.3) is 0 Å². The molecule has 120 valence electrons. The van der Waals surface area contributed by atoms with E-state index in [0.717, 1.165) is 55.6 Å². The normalized spacial score (nSPS) is 11.8. The Morgan fingerprint density at radius 1 is 0.905 bits per heavy atom. The maximum absolute atomic E-state index is 13.5. The van der Waals surface area contributed by atoms with Gasteiger partial charge in [0.05, 0.1) is 5.75 Å². The van der Waals surface area contributed by atoms with E-state index in [4.69, 9.17) is 0 Å². The summed E-state index contributed by atoms with van der Waals surface area (Å²) >= 11 is 3.37. The van der Waals surface area contributed by atoms with Crippen molar-refractivity contribution in [3.8, 4) is 0 Å². The van der Waals surface area contributed by atoms with Crippen LogP contribution in [0.4, 0.5) is 8.78 Å². The van der Waals surface area contributed by atoms with Gasteiger partial charge < -0.3 is 0 Å². The predicted molar refractivity (Wildman–Crippen MR) is 84.5 cm³/mol. The summed E-state index contributed by atoms with van der Waals surface area (Å²) < 4.78 is 50.4. The first kappa shape index (κ1) is 18.6. The van der Waals surface area contributed by atoms with Gasteiger partial charge in [0.25, 0.3) is 0 Å². The summed E-state index contributed by atoms with van der Waals surface area (Å²) in [5.74, 6) is -1.75. The lowest BCUT2D eigenvalue weighted by molar-refractivity contribution is 0.549. The van der Waals surface area contributed by atoms with Gasteiger partial charge in [0.2, 0.25) is 0 Å². The smallest absolute Gasteiger partial charge is 0.181 e. The quantitative estimate of drug-likeness (QED) is 0.427. The minimum absolute atomic E-state index is 0.130. The number of sulfone groups is 1. The molecule has 0 radical (unpaired) electrons. The number of hydrogen-bond donors (Lipinski definition) is 0. The molecule has 0 unspecified atom stereocenters. The number of unbranched alkanes of at least 4 members (excludes halogenated alkanes) is 6. The van der Waals surface area contributed by atoms with Crippen LogP contribution in [-0.2, 0) is 9.84 Å². The van der Waals surface area contributed by atoms with E-state index in [9.17, 15) is 17.2 Å². The molecule has 0 spiro atoms. The summed E-state index contributed by atoms with van der Waals surface area (Å²) in [5, 5.41) is 1.02. The first-order valence-electron chi connectivity index (χ1n) is 7.21. The van der Waals surface area contributed by atoms with Gasteiger partial charge in [0.15, 0.2) is 9.84 Å². The van der Waals surface area contributed by atoms with Crippen molar-refractivity contribution in [1.82, 2.24) is 0 Å². The fourth-order valence-electron chi connectivity index (χ4n) is 2.10. The molecule has 0 saturated heterocycles. The van der Waals surface area contributed by atoms with E-state index < -0.39 is 26.4 Å². The first-order valence-corrected chi connectivity index (χ1v) is 9.98. The second-order valence-electron chi connectivity index (χ2n) is 5.06. The molecule has 2 nitrogen and oxygen atoms in total. The summed E-state index contributed by atoms with van der Waals surface area (Å²) in [7, 11) is -3.74. The summed E-state index contributed by atoms with van der Waals surface area (Å²) in [6, 6.07) is 2.53. The van der Waals surface area contributed by atoms with Crippen LogP contribution in [0.5, 0.6) is 0 Å². The first-order chi connectivity index (χ1) is 9.97. The Bertz CT molecular complexity index is 532. The van der Waals surface area contributed by atoms with Crippen molar-refractivity contribution in [3.05, 3.63) is 29.8 Å².